The molecule has 1 aromatic carbocycles. The Morgan fingerprint density at radius 3 is 2.26 bits per heavy atom. The number of pyridine rings is 1. The SMILES string of the molecule is O=C(CSc1ccncc1)NC(Cn1cccn1)c1ccccc1.O=C(O)C(F)(F)F. The molecule has 3 aromatic rings. The van der Waals surface area contributed by atoms with Crippen LogP contribution in [0.4, 0.5) is 13.2 Å². The molecular formula is C20H19F3N4O3S. The summed E-state index contributed by atoms with van der Waals surface area (Å²) in [5.41, 5.74) is 1.07. The Balaban J connectivity index is 0.000000423. The molecule has 0 aliphatic heterocycles. The third-order valence-corrected chi connectivity index (χ3v) is 4.74. The zero-order valence-corrected chi connectivity index (χ0v) is 16.9. The summed E-state index contributed by atoms with van der Waals surface area (Å²) in [5.74, 6) is -2.39. The van der Waals surface area contributed by atoms with Gasteiger partial charge in [-0.25, -0.2) is 4.79 Å². The van der Waals surface area contributed by atoms with E-state index in [1.807, 2.05) is 59.4 Å². The predicted molar refractivity (Wildman–Crippen MR) is 108 cm³/mol. The zero-order chi connectivity index (χ0) is 22.7. The van der Waals surface area contributed by atoms with Crippen molar-refractivity contribution in [2.24, 2.45) is 0 Å². The number of benzene rings is 1. The molecule has 0 radical (unpaired) electrons. The van der Waals surface area contributed by atoms with E-state index < -0.39 is 12.1 Å². The van der Waals surface area contributed by atoms with Gasteiger partial charge in [-0.2, -0.15) is 18.3 Å². The minimum Gasteiger partial charge on any atom is -0.475 e. The number of hydrogen-bond donors (Lipinski definition) is 2. The molecule has 0 bridgehead atoms. The molecule has 2 N–H and O–H groups in total. The van der Waals surface area contributed by atoms with Crippen molar-refractivity contribution in [2.45, 2.75) is 23.7 Å². The Hall–Kier alpha value is -3.34. The molecule has 7 nitrogen and oxygen atoms in total. The van der Waals surface area contributed by atoms with Gasteiger partial charge in [-0.1, -0.05) is 30.3 Å². The van der Waals surface area contributed by atoms with Crippen LogP contribution < -0.4 is 5.32 Å². The molecule has 3 rings (SSSR count). The molecule has 0 spiro atoms. The van der Waals surface area contributed by atoms with Crippen LogP contribution in [0.2, 0.25) is 0 Å². The van der Waals surface area contributed by atoms with Crippen LogP contribution in [0.5, 0.6) is 0 Å². The summed E-state index contributed by atoms with van der Waals surface area (Å²) >= 11 is 1.50. The molecule has 1 amide bonds. The van der Waals surface area contributed by atoms with Crippen LogP contribution in [0.3, 0.4) is 0 Å². The largest absolute Gasteiger partial charge is 0.490 e. The predicted octanol–water partition coefficient (Wildman–Crippen LogP) is 3.56. The Morgan fingerprint density at radius 1 is 1.06 bits per heavy atom. The van der Waals surface area contributed by atoms with Crippen LogP contribution in [0.1, 0.15) is 11.6 Å². The lowest BCUT2D eigenvalue weighted by Gasteiger charge is -2.19. The maximum atomic E-state index is 12.4. The molecular weight excluding hydrogens is 433 g/mol. The van der Waals surface area contributed by atoms with Gasteiger partial charge < -0.3 is 10.4 Å². The van der Waals surface area contributed by atoms with E-state index in [1.54, 1.807) is 18.6 Å². The van der Waals surface area contributed by atoms with Crippen LogP contribution >= 0.6 is 11.8 Å². The van der Waals surface area contributed by atoms with E-state index in [0.29, 0.717) is 12.3 Å². The number of amides is 1. The Kier molecular flexibility index (Phi) is 9.07. The molecule has 2 aromatic heterocycles. The maximum absolute atomic E-state index is 12.4. The second-order valence-corrected chi connectivity index (χ2v) is 7.08. The Labute approximate surface area is 180 Å². The van der Waals surface area contributed by atoms with Gasteiger partial charge in [-0.05, 0) is 23.8 Å². The molecule has 0 saturated carbocycles. The van der Waals surface area contributed by atoms with Crippen molar-refractivity contribution < 1.29 is 27.9 Å². The summed E-state index contributed by atoms with van der Waals surface area (Å²) < 4.78 is 33.6. The van der Waals surface area contributed by atoms with Gasteiger partial charge >= 0.3 is 12.1 Å². The number of hydrogen-bond acceptors (Lipinski definition) is 5. The first-order chi connectivity index (χ1) is 14.8. The van der Waals surface area contributed by atoms with E-state index in [0.717, 1.165) is 10.5 Å². The van der Waals surface area contributed by atoms with E-state index in [-0.39, 0.29) is 11.9 Å². The highest BCUT2D eigenvalue weighted by molar-refractivity contribution is 8.00. The summed E-state index contributed by atoms with van der Waals surface area (Å²) in [4.78, 5) is 26.3. The van der Waals surface area contributed by atoms with E-state index in [2.05, 4.69) is 15.4 Å². The van der Waals surface area contributed by atoms with Crippen LogP contribution in [0, 0.1) is 0 Å². The highest BCUT2D eigenvalue weighted by Gasteiger charge is 2.38. The van der Waals surface area contributed by atoms with Crippen molar-refractivity contribution in [3.8, 4) is 0 Å². The van der Waals surface area contributed by atoms with Crippen molar-refractivity contribution in [2.75, 3.05) is 5.75 Å². The highest BCUT2D eigenvalue weighted by Crippen LogP contribution is 2.18. The van der Waals surface area contributed by atoms with E-state index in [4.69, 9.17) is 9.90 Å². The number of rotatable bonds is 7. The lowest BCUT2D eigenvalue weighted by Crippen LogP contribution is -2.32. The van der Waals surface area contributed by atoms with E-state index in [9.17, 15) is 18.0 Å². The Bertz CT molecular complexity index is 939. The van der Waals surface area contributed by atoms with E-state index in [1.165, 1.54) is 11.8 Å². The van der Waals surface area contributed by atoms with Crippen LogP contribution in [-0.4, -0.2) is 43.7 Å². The second-order valence-electron chi connectivity index (χ2n) is 6.03. The van der Waals surface area contributed by atoms with Gasteiger partial charge in [-0.3, -0.25) is 14.5 Å². The molecule has 31 heavy (non-hydrogen) atoms. The minimum atomic E-state index is -5.08. The molecule has 0 aliphatic carbocycles. The van der Waals surface area contributed by atoms with Gasteiger partial charge in [0.1, 0.15) is 0 Å². The van der Waals surface area contributed by atoms with Gasteiger partial charge in [0.2, 0.25) is 5.91 Å². The van der Waals surface area contributed by atoms with Crippen molar-refractivity contribution in [3.63, 3.8) is 0 Å². The third-order valence-electron chi connectivity index (χ3n) is 3.73. The van der Waals surface area contributed by atoms with Crippen LogP contribution in [0.25, 0.3) is 0 Å². The maximum Gasteiger partial charge on any atom is 0.490 e. The number of halogens is 3. The quantitative estimate of drug-likeness (QED) is 0.532. The average Bonchev–Trinajstić information content (AvgIpc) is 3.26. The second kappa shape index (κ2) is 11.7. The number of thioether (sulfide) groups is 1. The normalized spacial score (nSPS) is 11.7. The molecule has 1 atom stereocenters. The molecule has 2 heterocycles. The standard InChI is InChI=1S/C18H18N4OS.C2HF3O2/c23-18(14-24-16-7-10-19-11-8-16)21-17(13-22-12-4-9-20-22)15-5-2-1-3-6-15;3-2(4,5)1(6)7/h1-12,17H,13-14H2,(H,21,23);(H,6,7). The molecule has 164 valence electrons. The zero-order valence-electron chi connectivity index (χ0n) is 16.1. The summed E-state index contributed by atoms with van der Waals surface area (Å²) in [5, 5.41) is 14.5. The molecule has 0 saturated heterocycles. The first-order valence-corrected chi connectivity index (χ1v) is 9.89. The minimum absolute atomic E-state index is 0.00202. The molecule has 0 aliphatic rings. The topological polar surface area (TPSA) is 97.1 Å². The van der Waals surface area contributed by atoms with Gasteiger partial charge in [0.15, 0.2) is 0 Å². The summed E-state index contributed by atoms with van der Waals surface area (Å²) in [7, 11) is 0. The Morgan fingerprint density at radius 2 is 1.71 bits per heavy atom. The first-order valence-electron chi connectivity index (χ1n) is 8.90. The summed E-state index contributed by atoms with van der Waals surface area (Å²) in [6, 6.07) is 15.5. The van der Waals surface area contributed by atoms with Gasteiger partial charge in [0.05, 0.1) is 18.3 Å². The monoisotopic (exact) mass is 452 g/mol. The van der Waals surface area contributed by atoms with E-state index >= 15 is 0 Å². The molecule has 0 fully saturated rings. The highest BCUT2D eigenvalue weighted by atomic mass is 32.2. The molecule has 11 heteroatoms. The fourth-order valence-electron chi connectivity index (χ4n) is 2.33. The van der Waals surface area contributed by atoms with Gasteiger partial charge in [-0.15, -0.1) is 11.8 Å². The fourth-order valence-corrected chi connectivity index (χ4v) is 3.03. The number of carbonyl (C=O) groups is 2. The number of nitrogens with zero attached hydrogens (tertiary/aromatic N) is 3. The van der Waals surface area contributed by atoms with Crippen LogP contribution in [-0.2, 0) is 16.1 Å². The van der Waals surface area contributed by atoms with Gasteiger partial charge in [0, 0.05) is 29.7 Å². The van der Waals surface area contributed by atoms with Crippen molar-refractivity contribution in [3.05, 3.63) is 78.9 Å². The summed E-state index contributed by atoms with van der Waals surface area (Å²) in [6.07, 6.45) is 2.01. The molecule has 1 unspecified atom stereocenters. The number of carboxylic acids is 1. The number of alkyl halides is 3. The third kappa shape index (κ3) is 8.91. The first kappa shape index (κ1) is 23.9. The number of aliphatic carboxylic acids is 1. The summed E-state index contributed by atoms with van der Waals surface area (Å²) in [6.45, 7) is 0.600. The van der Waals surface area contributed by atoms with Crippen molar-refractivity contribution >= 4 is 23.6 Å². The fraction of sp³-hybridized carbons (Fsp3) is 0.200. The number of carboxylic acid groups (broad SMARTS) is 1. The number of aromatic nitrogens is 3. The lowest BCUT2D eigenvalue weighted by atomic mass is 10.1. The van der Waals surface area contributed by atoms with Crippen molar-refractivity contribution in [1.82, 2.24) is 20.1 Å². The number of carbonyl (C=O) groups excluding carboxylic acids is 1. The van der Waals surface area contributed by atoms with Gasteiger partial charge in [0.25, 0.3) is 0 Å². The lowest BCUT2D eigenvalue weighted by molar-refractivity contribution is -0.192. The smallest absolute Gasteiger partial charge is 0.475 e. The van der Waals surface area contributed by atoms with Crippen molar-refractivity contribution in [1.29, 1.82) is 0 Å². The van der Waals surface area contributed by atoms with Crippen LogP contribution in [0.15, 0.2) is 78.2 Å². The number of nitrogens with one attached hydrogen (secondary N) is 1. The average molecular weight is 452 g/mol.